The molecule has 3 aromatic rings. The number of carbonyl (C=O) groups excluding carboxylic acids is 1. The van der Waals surface area contributed by atoms with Gasteiger partial charge in [-0.15, -0.1) is 0 Å². The number of hydrogen-bond donors (Lipinski definition) is 1. The van der Waals surface area contributed by atoms with Gasteiger partial charge in [0.25, 0.3) is 0 Å². The van der Waals surface area contributed by atoms with Crippen LogP contribution < -0.4 is 5.63 Å². The fraction of sp³-hybridized carbons (Fsp3) is 0.458. The molecule has 2 aromatic heterocycles. The van der Waals surface area contributed by atoms with Crippen molar-refractivity contribution in [2.24, 2.45) is 0 Å². The predicted molar refractivity (Wildman–Crippen MR) is 117 cm³/mol. The molecular weight excluding hydrogens is 398 g/mol. The van der Waals surface area contributed by atoms with Crippen molar-refractivity contribution >= 4 is 33.8 Å². The van der Waals surface area contributed by atoms with E-state index < -0.39 is 17.6 Å². The molecule has 31 heavy (non-hydrogen) atoms. The zero-order valence-electron chi connectivity index (χ0n) is 18.3. The number of furan rings is 1. The maximum Gasteiger partial charge on any atom is 0.339 e. The highest BCUT2D eigenvalue weighted by Crippen LogP contribution is 2.34. The van der Waals surface area contributed by atoms with Crippen molar-refractivity contribution in [1.29, 1.82) is 0 Å². The molecule has 7 heteroatoms. The lowest BCUT2D eigenvalue weighted by molar-refractivity contribution is -0.152. The summed E-state index contributed by atoms with van der Waals surface area (Å²) in [5, 5.41) is 11.2. The molecule has 4 rings (SSSR count). The minimum atomic E-state index is -0.972. The van der Waals surface area contributed by atoms with Crippen molar-refractivity contribution in [3.63, 3.8) is 0 Å². The van der Waals surface area contributed by atoms with Crippen LogP contribution in [0.4, 0.5) is 0 Å². The predicted octanol–water partition coefficient (Wildman–Crippen LogP) is 4.17. The van der Waals surface area contributed by atoms with E-state index in [9.17, 15) is 19.5 Å². The Morgan fingerprint density at radius 1 is 1.03 bits per heavy atom. The summed E-state index contributed by atoms with van der Waals surface area (Å²) in [4.78, 5) is 38.5. The van der Waals surface area contributed by atoms with E-state index in [2.05, 4.69) is 0 Å². The van der Waals surface area contributed by atoms with Crippen molar-refractivity contribution in [2.45, 2.75) is 65.8 Å². The molecule has 7 nitrogen and oxygen atoms in total. The highest BCUT2D eigenvalue weighted by atomic mass is 16.4. The number of aliphatic carboxylic acids is 1. The third-order valence-corrected chi connectivity index (χ3v) is 6.64. The largest absolute Gasteiger partial charge is 0.480 e. The van der Waals surface area contributed by atoms with E-state index in [0.717, 1.165) is 51.6 Å². The summed E-state index contributed by atoms with van der Waals surface area (Å²) in [6, 6.07) is 1.21. The van der Waals surface area contributed by atoms with Crippen LogP contribution in [-0.4, -0.2) is 34.5 Å². The average molecular weight is 425 g/mol. The molecule has 1 N–H and O–H groups in total. The Morgan fingerprint density at radius 3 is 2.42 bits per heavy atom. The number of hydrogen-bond acceptors (Lipinski definition) is 5. The van der Waals surface area contributed by atoms with E-state index in [1.165, 1.54) is 4.90 Å². The van der Waals surface area contributed by atoms with Gasteiger partial charge >= 0.3 is 11.6 Å². The molecule has 1 aromatic carbocycles. The Hall–Kier alpha value is -3.09. The number of carboxylic acids is 1. The van der Waals surface area contributed by atoms with E-state index >= 15 is 0 Å². The maximum absolute atomic E-state index is 12.8. The van der Waals surface area contributed by atoms with Crippen LogP contribution in [0.2, 0.25) is 0 Å². The number of likely N-dealkylation sites (tertiary alicyclic amines) is 1. The second-order valence-corrected chi connectivity index (χ2v) is 8.47. The van der Waals surface area contributed by atoms with Crippen LogP contribution in [0.25, 0.3) is 21.9 Å². The third kappa shape index (κ3) is 3.52. The van der Waals surface area contributed by atoms with Crippen LogP contribution in [0, 0.1) is 27.7 Å². The number of carbonyl (C=O) groups is 2. The average Bonchev–Trinajstić information content (AvgIpc) is 3.03. The normalized spacial score (nSPS) is 16.9. The molecule has 0 saturated carbocycles. The van der Waals surface area contributed by atoms with Gasteiger partial charge in [0, 0.05) is 34.9 Å². The second kappa shape index (κ2) is 7.87. The highest BCUT2D eigenvalue weighted by Gasteiger charge is 2.31. The summed E-state index contributed by atoms with van der Waals surface area (Å²) in [5.41, 5.74) is 3.83. The number of piperidine rings is 1. The minimum absolute atomic E-state index is 0.0754. The van der Waals surface area contributed by atoms with Crippen LogP contribution in [-0.2, 0) is 16.0 Å². The van der Waals surface area contributed by atoms with Crippen molar-refractivity contribution < 1.29 is 23.5 Å². The Balaban J connectivity index is 1.69. The van der Waals surface area contributed by atoms with E-state index in [-0.39, 0.29) is 18.7 Å². The van der Waals surface area contributed by atoms with Gasteiger partial charge in [0.05, 0.1) is 0 Å². The molecule has 0 aliphatic carbocycles. The fourth-order valence-electron chi connectivity index (χ4n) is 4.64. The highest BCUT2D eigenvalue weighted by molar-refractivity contribution is 6.00. The van der Waals surface area contributed by atoms with Gasteiger partial charge in [-0.3, -0.25) is 4.79 Å². The zero-order valence-corrected chi connectivity index (χ0v) is 18.3. The number of rotatable bonds is 4. The van der Waals surface area contributed by atoms with Gasteiger partial charge in [-0.25, -0.2) is 9.59 Å². The van der Waals surface area contributed by atoms with Crippen molar-refractivity contribution in [2.75, 3.05) is 6.54 Å². The van der Waals surface area contributed by atoms with Gasteiger partial charge in [-0.05, 0) is 70.6 Å². The van der Waals surface area contributed by atoms with Crippen LogP contribution in [0.3, 0.4) is 0 Å². The Morgan fingerprint density at radius 2 is 1.71 bits per heavy atom. The maximum atomic E-state index is 12.8. The molecule has 0 bridgehead atoms. The molecule has 1 aliphatic heterocycles. The first-order chi connectivity index (χ1) is 14.7. The Labute approximate surface area is 179 Å². The molecule has 0 spiro atoms. The summed E-state index contributed by atoms with van der Waals surface area (Å²) in [5.74, 6) is -0.382. The van der Waals surface area contributed by atoms with E-state index in [4.69, 9.17) is 8.83 Å². The van der Waals surface area contributed by atoms with Gasteiger partial charge in [-0.2, -0.15) is 0 Å². The van der Waals surface area contributed by atoms with Gasteiger partial charge in [0.1, 0.15) is 23.0 Å². The quantitative estimate of drug-likeness (QED) is 0.630. The summed E-state index contributed by atoms with van der Waals surface area (Å²) in [6.45, 7) is 8.09. The topological polar surface area (TPSA) is 101 Å². The number of amides is 1. The molecular formula is C24H27NO6. The molecule has 1 aliphatic rings. The smallest absolute Gasteiger partial charge is 0.339 e. The first-order valence-corrected chi connectivity index (χ1v) is 10.7. The van der Waals surface area contributed by atoms with Crippen LogP contribution in [0.1, 0.15) is 53.7 Å². The summed E-state index contributed by atoms with van der Waals surface area (Å²) in [6.07, 6.45) is 2.36. The monoisotopic (exact) mass is 425 g/mol. The lowest BCUT2D eigenvalue weighted by Gasteiger charge is -2.33. The number of fused-ring (bicyclic) bond motifs is 2. The second-order valence-electron chi connectivity index (χ2n) is 8.47. The number of nitrogens with zero attached hydrogens (tertiary/aromatic N) is 1. The minimum Gasteiger partial charge on any atom is -0.480 e. The molecule has 1 fully saturated rings. The molecule has 3 heterocycles. The SMILES string of the molecule is Cc1oc2c(C)c3oc(=O)c(CCC(=O)N4CCCCC4C(=O)O)c(C)c3cc2c1C. The van der Waals surface area contributed by atoms with Crippen LogP contribution in [0.5, 0.6) is 0 Å². The number of benzene rings is 1. The number of carboxylic acid groups (broad SMARTS) is 1. The zero-order chi connectivity index (χ0) is 22.4. The van der Waals surface area contributed by atoms with E-state index in [1.54, 1.807) is 0 Å². The summed E-state index contributed by atoms with van der Waals surface area (Å²) < 4.78 is 11.5. The first kappa shape index (κ1) is 21.2. The lowest BCUT2D eigenvalue weighted by Crippen LogP contribution is -2.48. The molecule has 1 unspecified atom stereocenters. The van der Waals surface area contributed by atoms with Gasteiger partial charge < -0.3 is 18.8 Å². The molecule has 1 atom stereocenters. The fourth-order valence-corrected chi connectivity index (χ4v) is 4.64. The third-order valence-electron chi connectivity index (χ3n) is 6.64. The van der Waals surface area contributed by atoms with Crippen LogP contribution >= 0.6 is 0 Å². The van der Waals surface area contributed by atoms with Gasteiger partial charge in [-0.1, -0.05) is 0 Å². The van der Waals surface area contributed by atoms with E-state index in [0.29, 0.717) is 24.1 Å². The standard InChI is InChI=1S/C24H27NO6/c1-12-15(4)30-21-14(3)22-18(11-17(12)21)13(2)16(24(29)31-22)8-9-20(26)25-10-6-5-7-19(25)23(27)28/h11,19H,5-10H2,1-4H3,(H,27,28). The lowest BCUT2D eigenvalue weighted by atomic mass is 9.97. The number of aryl methyl sites for hydroxylation is 4. The van der Waals surface area contributed by atoms with Crippen molar-refractivity contribution in [1.82, 2.24) is 4.90 Å². The summed E-state index contributed by atoms with van der Waals surface area (Å²) >= 11 is 0. The summed E-state index contributed by atoms with van der Waals surface area (Å²) in [7, 11) is 0. The molecule has 0 radical (unpaired) electrons. The van der Waals surface area contributed by atoms with Gasteiger partial charge in [0.15, 0.2) is 0 Å². The van der Waals surface area contributed by atoms with Gasteiger partial charge in [0.2, 0.25) is 5.91 Å². The first-order valence-electron chi connectivity index (χ1n) is 10.7. The molecule has 1 amide bonds. The molecule has 1 saturated heterocycles. The van der Waals surface area contributed by atoms with Crippen molar-refractivity contribution in [3.05, 3.63) is 44.5 Å². The Kier molecular flexibility index (Phi) is 5.37. The van der Waals surface area contributed by atoms with Crippen LogP contribution in [0.15, 0.2) is 19.7 Å². The molecule has 164 valence electrons. The van der Waals surface area contributed by atoms with Crippen molar-refractivity contribution in [3.8, 4) is 0 Å². The Bertz CT molecular complexity index is 1270. The van der Waals surface area contributed by atoms with E-state index in [1.807, 2.05) is 33.8 Å².